The first-order valence-corrected chi connectivity index (χ1v) is 14.8. The van der Waals surface area contributed by atoms with Gasteiger partial charge in [-0.05, 0) is 76.4 Å². The van der Waals surface area contributed by atoms with Gasteiger partial charge in [0.2, 0.25) is 5.88 Å². The Morgan fingerprint density at radius 1 is 0.977 bits per heavy atom. The number of rotatable bonds is 6. The maximum Gasteiger partial charge on any atom is 0.410 e. The molecule has 12 heteroatoms. The zero-order valence-corrected chi connectivity index (χ0v) is 25.1. The predicted octanol–water partition coefficient (Wildman–Crippen LogP) is 6.22. The molecule has 2 bridgehead atoms. The normalized spacial score (nSPS) is 19.7. The van der Waals surface area contributed by atoms with Crippen LogP contribution in [0, 0.1) is 6.92 Å². The predicted molar refractivity (Wildman–Crippen MR) is 163 cm³/mol. The zero-order valence-electron chi connectivity index (χ0n) is 25.1. The van der Waals surface area contributed by atoms with Crippen molar-refractivity contribution in [2.75, 3.05) is 5.32 Å². The minimum Gasteiger partial charge on any atom is -0.474 e. The number of aromatic nitrogens is 6. The van der Waals surface area contributed by atoms with Gasteiger partial charge in [0, 0.05) is 48.9 Å². The van der Waals surface area contributed by atoms with E-state index in [2.05, 4.69) is 25.4 Å². The molecule has 12 nitrogen and oxygen atoms in total. The summed E-state index contributed by atoms with van der Waals surface area (Å²) >= 11 is 0. The van der Waals surface area contributed by atoms with Gasteiger partial charge >= 0.3 is 6.09 Å². The molecule has 226 valence electrons. The van der Waals surface area contributed by atoms with E-state index >= 15 is 0 Å². The van der Waals surface area contributed by atoms with Crippen molar-refractivity contribution in [3.05, 3.63) is 66.9 Å². The first-order valence-electron chi connectivity index (χ1n) is 14.8. The molecule has 1 amide bonds. The van der Waals surface area contributed by atoms with E-state index in [1.807, 2.05) is 81.3 Å². The van der Waals surface area contributed by atoms with Crippen LogP contribution in [0.25, 0.3) is 16.7 Å². The molecular weight excluding hydrogens is 560 g/mol. The summed E-state index contributed by atoms with van der Waals surface area (Å²) in [4.78, 5) is 32.7. The number of pyridine rings is 2. The summed E-state index contributed by atoms with van der Waals surface area (Å²) in [7, 11) is 0. The Bertz CT molecular complexity index is 1840. The maximum atomic E-state index is 12.8. The Hall–Kier alpha value is -5.00. The van der Waals surface area contributed by atoms with E-state index in [0.29, 0.717) is 34.1 Å². The molecule has 0 spiro atoms. The number of anilines is 2. The molecule has 44 heavy (non-hydrogen) atoms. The highest BCUT2D eigenvalue weighted by molar-refractivity contribution is 5.87. The summed E-state index contributed by atoms with van der Waals surface area (Å²) in [5, 5.41) is 7.51. The molecule has 2 aliphatic rings. The number of nitrogens with one attached hydrogen (secondary N) is 1. The fraction of sp³-hybridized carbons (Fsp3) is 0.375. The van der Waals surface area contributed by atoms with Crippen LogP contribution in [0.2, 0.25) is 0 Å². The molecule has 2 fully saturated rings. The van der Waals surface area contributed by atoms with Gasteiger partial charge in [-0.15, -0.1) is 0 Å². The molecule has 2 aliphatic heterocycles. The van der Waals surface area contributed by atoms with Gasteiger partial charge in [-0.1, -0.05) is 0 Å². The number of hydrogen-bond acceptors (Lipinski definition) is 10. The van der Waals surface area contributed by atoms with E-state index < -0.39 is 5.60 Å². The van der Waals surface area contributed by atoms with Crippen LogP contribution in [0.5, 0.6) is 17.4 Å². The number of benzene rings is 1. The number of fused-ring (bicyclic) bond motifs is 4. The number of amides is 1. The third-order valence-corrected chi connectivity index (χ3v) is 7.96. The van der Waals surface area contributed by atoms with Crippen LogP contribution in [0.1, 0.15) is 52.0 Å². The molecule has 0 saturated carbocycles. The van der Waals surface area contributed by atoms with E-state index in [-0.39, 0.29) is 24.3 Å². The van der Waals surface area contributed by atoms with Crippen molar-refractivity contribution in [1.29, 1.82) is 0 Å². The number of nitrogens with zero attached hydrogens (tertiary/aromatic N) is 7. The summed E-state index contributed by atoms with van der Waals surface area (Å²) in [5.74, 6) is 2.49. The third kappa shape index (κ3) is 5.67. The summed E-state index contributed by atoms with van der Waals surface area (Å²) in [6.45, 7) is 7.68. The molecule has 2 atom stereocenters. The van der Waals surface area contributed by atoms with Crippen molar-refractivity contribution in [1.82, 2.24) is 34.4 Å². The molecule has 0 radical (unpaired) electrons. The maximum absolute atomic E-state index is 12.8. The lowest BCUT2D eigenvalue weighted by Gasteiger charge is -2.39. The SMILES string of the molecule is Cc1cc(Nc2ncnc3ccc(OC4CC5CCC(C4)N5C(=O)OC(C)(C)C)nc23)ccc1Oc1ccn2ncnc2c1. The molecule has 4 aromatic heterocycles. The van der Waals surface area contributed by atoms with Gasteiger partial charge in [-0.2, -0.15) is 5.10 Å². The van der Waals surface area contributed by atoms with Crippen molar-refractivity contribution < 1.29 is 19.0 Å². The van der Waals surface area contributed by atoms with Crippen LogP contribution < -0.4 is 14.8 Å². The Kier molecular flexibility index (Phi) is 6.91. The minimum atomic E-state index is -0.518. The van der Waals surface area contributed by atoms with Gasteiger partial charge in [-0.3, -0.25) is 0 Å². The lowest BCUT2D eigenvalue weighted by molar-refractivity contribution is -0.00755. The first-order chi connectivity index (χ1) is 21.2. The Morgan fingerprint density at radius 3 is 2.57 bits per heavy atom. The highest BCUT2D eigenvalue weighted by atomic mass is 16.6. The number of hydrogen-bond donors (Lipinski definition) is 1. The summed E-state index contributed by atoms with van der Waals surface area (Å²) < 4.78 is 19.9. The zero-order chi connectivity index (χ0) is 30.4. The molecule has 1 N–H and O–H groups in total. The second-order valence-corrected chi connectivity index (χ2v) is 12.4. The molecule has 7 rings (SSSR count). The Labute approximate surface area is 254 Å². The lowest BCUT2D eigenvalue weighted by Crippen LogP contribution is -2.50. The van der Waals surface area contributed by atoms with Crippen molar-refractivity contribution in [2.45, 2.75) is 77.2 Å². The fourth-order valence-corrected chi connectivity index (χ4v) is 6.05. The smallest absolute Gasteiger partial charge is 0.410 e. The van der Waals surface area contributed by atoms with E-state index in [1.165, 1.54) is 12.7 Å². The lowest BCUT2D eigenvalue weighted by atomic mass is 10.0. The third-order valence-electron chi connectivity index (χ3n) is 7.96. The molecule has 6 heterocycles. The number of carbonyl (C=O) groups is 1. The van der Waals surface area contributed by atoms with E-state index in [4.69, 9.17) is 19.2 Å². The van der Waals surface area contributed by atoms with Gasteiger partial charge in [0.05, 0.1) is 5.52 Å². The van der Waals surface area contributed by atoms with Gasteiger partial charge in [0.1, 0.15) is 41.4 Å². The highest BCUT2D eigenvalue weighted by Gasteiger charge is 2.45. The van der Waals surface area contributed by atoms with Crippen LogP contribution in [0.15, 0.2) is 61.3 Å². The molecule has 1 aromatic carbocycles. The van der Waals surface area contributed by atoms with Crippen LogP contribution in [0.3, 0.4) is 0 Å². The summed E-state index contributed by atoms with van der Waals surface area (Å²) in [6, 6.07) is 13.5. The van der Waals surface area contributed by atoms with Crippen molar-refractivity contribution in [3.8, 4) is 17.4 Å². The van der Waals surface area contributed by atoms with E-state index in [9.17, 15) is 4.79 Å². The quantitative estimate of drug-likeness (QED) is 0.242. The second-order valence-electron chi connectivity index (χ2n) is 12.4. The molecule has 0 aliphatic carbocycles. The monoisotopic (exact) mass is 594 g/mol. The number of piperidine rings is 1. The van der Waals surface area contributed by atoms with Crippen LogP contribution >= 0.6 is 0 Å². The Morgan fingerprint density at radius 2 is 1.80 bits per heavy atom. The van der Waals surface area contributed by atoms with Crippen molar-refractivity contribution in [2.24, 2.45) is 0 Å². The average molecular weight is 595 g/mol. The number of aryl methyl sites for hydroxylation is 1. The molecule has 2 saturated heterocycles. The van der Waals surface area contributed by atoms with Crippen molar-refractivity contribution in [3.63, 3.8) is 0 Å². The topological polar surface area (TPSA) is 129 Å². The summed E-state index contributed by atoms with van der Waals surface area (Å²) in [5.41, 5.74) is 3.29. The van der Waals surface area contributed by atoms with Gasteiger partial charge < -0.3 is 24.4 Å². The number of carbonyl (C=O) groups excluding carboxylic acids is 1. The number of ether oxygens (including phenoxy) is 3. The molecule has 2 unspecified atom stereocenters. The summed E-state index contributed by atoms with van der Waals surface area (Å²) in [6.07, 6.45) is 7.95. The standard InChI is InChI=1S/C32H34N8O4/c1-19-13-20(5-9-26(19)42-23-11-12-39-27(16-23)34-18-36-39)37-30-29-25(33-17-35-30)8-10-28(38-29)43-24-14-21-6-7-22(15-24)40(21)31(41)44-32(2,3)4/h5,8-13,16-18,21-22,24H,6-7,14-15H2,1-4H3,(H,33,35,37). The largest absolute Gasteiger partial charge is 0.474 e. The Balaban J connectivity index is 1.05. The van der Waals surface area contributed by atoms with Gasteiger partial charge in [0.25, 0.3) is 0 Å². The van der Waals surface area contributed by atoms with Crippen molar-refractivity contribution >= 4 is 34.3 Å². The molecule has 5 aromatic rings. The van der Waals surface area contributed by atoms with Crippen LogP contribution in [0.4, 0.5) is 16.3 Å². The van der Waals surface area contributed by atoms with E-state index in [1.54, 1.807) is 4.52 Å². The molecular formula is C32H34N8O4. The second kappa shape index (κ2) is 10.9. The highest BCUT2D eigenvalue weighted by Crippen LogP contribution is 2.38. The average Bonchev–Trinajstić information content (AvgIpc) is 3.55. The minimum absolute atomic E-state index is 0.0437. The van der Waals surface area contributed by atoms with Gasteiger partial charge in [0.15, 0.2) is 11.5 Å². The fourth-order valence-electron chi connectivity index (χ4n) is 6.05. The van der Waals surface area contributed by atoms with Gasteiger partial charge in [-0.25, -0.2) is 29.2 Å². The van der Waals surface area contributed by atoms with E-state index in [0.717, 1.165) is 42.7 Å². The first kappa shape index (κ1) is 27.8. The van der Waals surface area contributed by atoms with Crippen LogP contribution in [-0.4, -0.2) is 64.3 Å². The van der Waals surface area contributed by atoms with Crippen LogP contribution in [-0.2, 0) is 4.74 Å².